The first kappa shape index (κ1) is 19.7. The Morgan fingerprint density at radius 2 is 2.03 bits per heavy atom. The standard InChI is InChI=1S/C21H30N4O5/c1-12-7-21(12)8-16(24-11-17(21)25(28)18(24)26)15-6-14(30-22-15)5-13-9-23(10-13)19(27)29-20(2,3)4/h6,12-13,16-17,28H,5,7-11H2,1-4H3/t12?,16-,17+,21?/m0/s1. The van der Waals surface area contributed by atoms with Crippen molar-refractivity contribution in [2.75, 3.05) is 19.6 Å². The summed E-state index contributed by atoms with van der Waals surface area (Å²) in [6, 6.07) is 1.33. The lowest BCUT2D eigenvalue weighted by Crippen LogP contribution is -2.52. The van der Waals surface area contributed by atoms with E-state index < -0.39 is 5.60 Å². The number of hydrogen-bond acceptors (Lipinski definition) is 6. The molecule has 4 atom stereocenters. The third-order valence-corrected chi connectivity index (χ3v) is 7.24. The second-order valence-corrected chi connectivity index (χ2v) is 10.5. The van der Waals surface area contributed by atoms with Crippen LogP contribution in [-0.2, 0) is 11.2 Å². The number of aromatic nitrogens is 1. The Morgan fingerprint density at radius 1 is 1.33 bits per heavy atom. The van der Waals surface area contributed by atoms with Crippen LogP contribution in [0.1, 0.15) is 58.0 Å². The van der Waals surface area contributed by atoms with E-state index in [2.05, 4.69) is 12.1 Å². The van der Waals surface area contributed by atoms with E-state index in [1.165, 1.54) is 0 Å². The highest BCUT2D eigenvalue weighted by Gasteiger charge is 2.67. The third kappa shape index (κ3) is 3.05. The van der Waals surface area contributed by atoms with Crippen molar-refractivity contribution >= 4 is 12.1 Å². The van der Waals surface area contributed by atoms with E-state index in [4.69, 9.17) is 9.26 Å². The van der Waals surface area contributed by atoms with E-state index in [1.807, 2.05) is 26.8 Å². The number of nitrogens with zero attached hydrogens (tertiary/aromatic N) is 4. The first-order chi connectivity index (χ1) is 14.1. The van der Waals surface area contributed by atoms with Gasteiger partial charge in [0.25, 0.3) is 0 Å². The van der Waals surface area contributed by atoms with Gasteiger partial charge < -0.3 is 19.1 Å². The van der Waals surface area contributed by atoms with Crippen molar-refractivity contribution in [2.45, 2.75) is 64.6 Å². The van der Waals surface area contributed by atoms with Crippen LogP contribution in [0.25, 0.3) is 0 Å². The summed E-state index contributed by atoms with van der Waals surface area (Å²) in [5, 5.41) is 15.5. The van der Waals surface area contributed by atoms with Crippen molar-refractivity contribution in [3.63, 3.8) is 0 Å². The molecule has 0 radical (unpaired) electrons. The van der Waals surface area contributed by atoms with Crippen LogP contribution < -0.4 is 0 Å². The Bertz CT molecular complexity index is 873. The number of carbonyl (C=O) groups excluding carboxylic acids is 2. The van der Waals surface area contributed by atoms with Crippen molar-refractivity contribution in [3.05, 3.63) is 17.5 Å². The van der Waals surface area contributed by atoms with Gasteiger partial charge in [-0.2, -0.15) is 0 Å². The second-order valence-electron chi connectivity index (χ2n) is 10.5. The number of fused-ring (bicyclic) bond motifs is 3. The summed E-state index contributed by atoms with van der Waals surface area (Å²) in [5.74, 6) is 1.57. The average Bonchev–Trinajstić information content (AvgIpc) is 2.97. The fourth-order valence-electron chi connectivity index (χ4n) is 5.46. The highest BCUT2D eigenvalue weighted by Crippen LogP contribution is 2.65. The summed E-state index contributed by atoms with van der Waals surface area (Å²) >= 11 is 0. The molecule has 30 heavy (non-hydrogen) atoms. The van der Waals surface area contributed by atoms with Gasteiger partial charge in [0.1, 0.15) is 17.1 Å². The molecule has 1 N–H and O–H groups in total. The van der Waals surface area contributed by atoms with Gasteiger partial charge in [-0.25, -0.2) is 14.7 Å². The lowest BCUT2D eigenvalue weighted by Gasteiger charge is -2.39. The highest BCUT2D eigenvalue weighted by molar-refractivity contribution is 5.77. The zero-order valence-electron chi connectivity index (χ0n) is 18.0. The SMILES string of the molecule is CC1CC12C[C@@H](c1cc(CC3CN(C(=O)OC(C)(C)C)C3)on1)N1C[C@H]2N(O)C1=O. The first-order valence-electron chi connectivity index (χ1n) is 10.8. The van der Waals surface area contributed by atoms with Crippen LogP contribution >= 0.6 is 0 Å². The van der Waals surface area contributed by atoms with E-state index in [0.717, 1.165) is 29.4 Å². The van der Waals surface area contributed by atoms with E-state index in [9.17, 15) is 14.8 Å². The lowest BCUT2D eigenvalue weighted by molar-refractivity contribution is -0.0805. The normalized spacial score (nSPS) is 33.3. The molecule has 2 unspecified atom stereocenters. The summed E-state index contributed by atoms with van der Waals surface area (Å²) in [4.78, 5) is 28.0. The number of carbonyl (C=O) groups is 2. The molecule has 2 bridgehead atoms. The smallest absolute Gasteiger partial charge is 0.410 e. The molecule has 3 aliphatic heterocycles. The molecule has 164 valence electrons. The predicted octanol–water partition coefficient (Wildman–Crippen LogP) is 3.05. The van der Waals surface area contributed by atoms with Crippen LogP contribution in [0.3, 0.4) is 0 Å². The molecule has 9 nitrogen and oxygen atoms in total. The third-order valence-electron chi connectivity index (χ3n) is 7.24. The van der Waals surface area contributed by atoms with E-state index in [0.29, 0.717) is 37.9 Å². The fourth-order valence-corrected chi connectivity index (χ4v) is 5.46. The number of likely N-dealkylation sites (tertiary alicyclic amines) is 1. The highest BCUT2D eigenvalue weighted by atomic mass is 16.6. The topological polar surface area (TPSA) is 99.4 Å². The van der Waals surface area contributed by atoms with E-state index >= 15 is 0 Å². The maximum Gasteiger partial charge on any atom is 0.410 e. The summed E-state index contributed by atoms with van der Waals surface area (Å²) in [6.45, 7) is 9.59. The van der Waals surface area contributed by atoms with Crippen molar-refractivity contribution in [1.29, 1.82) is 0 Å². The van der Waals surface area contributed by atoms with Gasteiger partial charge in [0.15, 0.2) is 0 Å². The van der Waals surface area contributed by atoms with Gasteiger partial charge in [-0.15, -0.1) is 0 Å². The van der Waals surface area contributed by atoms with Crippen LogP contribution in [0.2, 0.25) is 0 Å². The molecular formula is C21H30N4O5. The van der Waals surface area contributed by atoms with E-state index in [1.54, 1.807) is 9.80 Å². The average molecular weight is 418 g/mol. The molecule has 5 rings (SSSR count). The lowest BCUT2D eigenvalue weighted by atomic mass is 9.82. The first-order valence-corrected chi connectivity index (χ1v) is 10.8. The zero-order chi connectivity index (χ0) is 21.4. The molecular weight excluding hydrogens is 388 g/mol. The van der Waals surface area contributed by atoms with Crippen LogP contribution in [0.15, 0.2) is 10.6 Å². The van der Waals surface area contributed by atoms with Crippen molar-refractivity contribution < 1.29 is 24.1 Å². The van der Waals surface area contributed by atoms with Gasteiger partial charge in [0, 0.05) is 43.5 Å². The summed E-state index contributed by atoms with van der Waals surface area (Å²) < 4.78 is 11.0. The Morgan fingerprint density at radius 3 is 2.67 bits per heavy atom. The van der Waals surface area contributed by atoms with Gasteiger partial charge in [-0.05, 0) is 39.5 Å². The Balaban J connectivity index is 1.22. The van der Waals surface area contributed by atoms with Crippen molar-refractivity contribution in [1.82, 2.24) is 20.0 Å². The van der Waals surface area contributed by atoms with Crippen LogP contribution in [0.4, 0.5) is 9.59 Å². The largest absolute Gasteiger partial charge is 0.444 e. The van der Waals surface area contributed by atoms with Crippen molar-refractivity contribution in [3.8, 4) is 0 Å². The fraction of sp³-hybridized carbons (Fsp3) is 0.762. The molecule has 4 heterocycles. The van der Waals surface area contributed by atoms with Crippen molar-refractivity contribution in [2.24, 2.45) is 17.3 Å². The molecule has 9 heteroatoms. The number of urea groups is 1. The minimum absolute atomic E-state index is 0.0108. The van der Waals surface area contributed by atoms with Gasteiger partial charge in [0.2, 0.25) is 0 Å². The minimum atomic E-state index is -0.491. The Kier molecular flexibility index (Phi) is 4.16. The molecule has 4 fully saturated rings. The molecule has 3 amide bonds. The Hall–Kier alpha value is -2.29. The maximum atomic E-state index is 12.5. The number of hydrogen-bond donors (Lipinski definition) is 1. The number of piperidine rings is 1. The summed E-state index contributed by atoms with van der Waals surface area (Å²) in [7, 11) is 0. The molecule has 1 saturated carbocycles. The quantitative estimate of drug-likeness (QED) is 0.758. The predicted molar refractivity (Wildman–Crippen MR) is 105 cm³/mol. The monoisotopic (exact) mass is 418 g/mol. The molecule has 0 aromatic carbocycles. The summed E-state index contributed by atoms with van der Waals surface area (Å²) in [5.41, 5.74) is 0.256. The number of ether oxygens (including phenoxy) is 1. The van der Waals surface area contributed by atoms with Gasteiger partial charge in [0.05, 0.1) is 12.1 Å². The zero-order valence-corrected chi connectivity index (χ0v) is 18.0. The van der Waals surface area contributed by atoms with Gasteiger partial charge >= 0.3 is 12.1 Å². The summed E-state index contributed by atoms with van der Waals surface area (Å²) in [6.07, 6.45) is 2.26. The molecule has 1 aliphatic carbocycles. The minimum Gasteiger partial charge on any atom is -0.444 e. The van der Waals surface area contributed by atoms with Crippen LogP contribution in [-0.4, -0.2) is 68.6 Å². The van der Waals surface area contributed by atoms with Gasteiger partial charge in [-0.3, -0.25) is 5.21 Å². The van der Waals surface area contributed by atoms with Gasteiger partial charge in [-0.1, -0.05) is 12.1 Å². The van der Waals surface area contributed by atoms with E-state index in [-0.39, 0.29) is 29.6 Å². The number of amides is 3. The van der Waals surface area contributed by atoms with Crippen LogP contribution in [0.5, 0.6) is 0 Å². The second kappa shape index (κ2) is 6.35. The maximum absolute atomic E-state index is 12.5. The number of rotatable bonds is 3. The van der Waals surface area contributed by atoms with Crippen LogP contribution in [0, 0.1) is 17.3 Å². The number of hydroxylamine groups is 2. The molecule has 1 spiro atoms. The molecule has 1 aromatic heterocycles. The molecule has 3 saturated heterocycles. The molecule has 1 aromatic rings. The Labute approximate surface area is 175 Å². The molecule has 4 aliphatic rings.